The first-order valence-corrected chi connectivity index (χ1v) is 18.8. The molecular formula is C52H34N2O. The van der Waals surface area contributed by atoms with Crippen LogP contribution in [0.1, 0.15) is 0 Å². The lowest BCUT2D eigenvalue weighted by molar-refractivity contribution is 0.670. The van der Waals surface area contributed by atoms with Gasteiger partial charge in [0.05, 0.1) is 11.0 Å². The summed E-state index contributed by atoms with van der Waals surface area (Å²) in [5.41, 5.74) is 13.1. The highest BCUT2D eigenvalue weighted by Gasteiger charge is 2.19. The first kappa shape index (κ1) is 31.2. The third kappa shape index (κ3) is 5.20. The van der Waals surface area contributed by atoms with Gasteiger partial charge in [0, 0.05) is 49.9 Å². The van der Waals surface area contributed by atoms with E-state index in [-0.39, 0.29) is 0 Å². The van der Waals surface area contributed by atoms with Crippen LogP contribution >= 0.6 is 0 Å². The first-order chi connectivity index (χ1) is 27.3. The standard InChI is InChI=1S/C52H34N2O/c1-3-13-35(14-4-1)37-17-11-20-42(31-37)53(43-29-30-46-45-21-9-10-24-49(45)54(50(46)34-43)40-18-5-2-6-19-40)41-27-25-36(26-28-41)44-22-12-23-47-48-32-38-15-7-8-16-39(38)33-51(48)55-52(44)47/h1-34H. The summed E-state index contributed by atoms with van der Waals surface area (Å²) in [5, 5.41) is 7.12. The Kier molecular flexibility index (Phi) is 7.17. The maximum atomic E-state index is 6.62. The van der Waals surface area contributed by atoms with Crippen LogP contribution in [0, 0.1) is 0 Å². The van der Waals surface area contributed by atoms with Gasteiger partial charge in [0.1, 0.15) is 11.2 Å². The predicted molar refractivity (Wildman–Crippen MR) is 231 cm³/mol. The van der Waals surface area contributed by atoms with Crippen LogP contribution in [0.3, 0.4) is 0 Å². The summed E-state index contributed by atoms with van der Waals surface area (Å²) in [6, 6.07) is 73.9. The van der Waals surface area contributed by atoms with Crippen molar-refractivity contribution in [2.24, 2.45) is 0 Å². The summed E-state index contributed by atoms with van der Waals surface area (Å²) >= 11 is 0. The largest absolute Gasteiger partial charge is 0.455 e. The molecule has 3 nitrogen and oxygen atoms in total. The molecule has 55 heavy (non-hydrogen) atoms. The van der Waals surface area contributed by atoms with Crippen molar-refractivity contribution in [1.82, 2.24) is 4.57 Å². The van der Waals surface area contributed by atoms with Gasteiger partial charge in [0.15, 0.2) is 0 Å². The molecule has 3 heteroatoms. The second-order valence-corrected chi connectivity index (χ2v) is 14.2. The normalized spacial score (nSPS) is 11.6. The Morgan fingerprint density at radius 2 is 1.00 bits per heavy atom. The van der Waals surface area contributed by atoms with Gasteiger partial charge in [-0.05, 0) is 94.2 Å². The number of nitrogens with zero attached hydrogens (tertiary/aromatic N) is 2. The van der Waals surface area contributed by atoms with Crippen LogP contribution in [-0.2, 0) is 0 Å². The van der Waals surface area contributed by atoms with Gasteiger partial charge < -0.3 is 13.9 Å². The Hall–Kier alpha value is -7.36. The van der Waals surface area contributed by atoms with Gasteiger partial charge >= 0.3 is 0 Å². The Labute approximate surface area is 318 Å². The molecule has 0 radical (unpaired) electrons. The lowest BCUT2D eigenvalue weighted by Gasteiger charge is -2.26. The van der Waals surface area contributed by atoms with Crippen molar-refractivity contribution in [3.63, 3.8) is 0 Å². The first-order valence-electron chi connectivity index (χ1n) is 18.8. The molecule has 0 saturated heterocycles. The maximum Gasteiger partial charge on any atom is 0.143 e. The minimum atomic E-state index is 0.908. The van der Waals surface area contributed by atoms with E-state index in [1.807, 2.05) is 0 Å². The van der Waals surface area contributed by atoms with Gasteiger partial charge in [-0.15, -0.1) is 0 Å². The lowest BCUT2D eigenvalue weighted by atomic mass is 10.0. The molecule has 2 aromatic heterocycles. The molecule has 0 aliphatic heterocycles. The Bertz CT molecular complexity index is 3190. The van der Waals surface area contributed by atoms with Crippen molar-refractivity contribution in [3.8, 4) is 27.9 Å². The van der Waals surface area contributed by atoms with Crippen molar-refractivity contribution in [3.05, 3.63) is 206 Å². The fourth-order valence-corrected chi connectivity index (χ4v) is 8.36. The number of rotatable bonds is 6. The summed E-state index contributed by atoms with van der Waals surface area (Å²) in [6.45, 7) is 0. The van der Waals surface area contributed by atoms with Gasteiger partial charge in [-0.1, -0.05) is 140 Å². The number of benzene rings is 9. The van der Waals surface area contributed by atoms with Crippen molar-refractivity contribution in [1.29, 1.82) is 0 Å². The number of fused-ring (bicyclic) bond motifs is 7. The smallest absolute Gasteiger partial charge is 0.143 e. The van der Waals surface area contributed by atoms with Gasteiger partial charge in [0.25, 0.3) is 0 Å². The zero-order valence-corrected chi connectivity index (χ0v) is 29.9. The molecule has 11 aromatic rings. The molecule has 0 atom stereocenters. The SMILES string of the molecule is c1ccc(-c2cccc(N(c3ccc(-c4cccc5c4oc4cc6ccccc6cc45)cc3)c3ccc4c5ccccc5n(-c5ccccc5)c4c3)c2)cc1. The minimum Gasteiger partial charge on any atom is -0.455 e. The van der Waals surface area contributed by atoms with E-state index in [2.05, 4.69) is 216 Å². The van der Waals surface area contributed by atoms with E-state index in [9.17, 15) is 0 Å². The van der Waals surface area contributed by atoms with Crippen LogP contribution in [0.25, 0.3) is 82.5 Å². The second kappa shape index (κ2) is 12.6. The molecule has 0 unspecified atom stereocenters. The third-order valence-electron chi connectivity index (χ3n) is 10.9. The lowest BCUT2D eigenvalue weighted by Crippen LogP contribution is -2.10. The summed E-state index contributed by atoms with van der Waals surface area (Å²) in [7, 11) is 0. The maximum absolute atomic E-state index is 6.62. The Morgan fingerprint density at radius 3 is 1.84 bits per heavy atom. The summed E-state index contributed by atoms with van der Waals surface area (Å²) in [5.74, 6) is 0. The number of aromatic nitrogens is 1. The van der Waals surface area contributed by atoms with Crippen LogP contribution in [0.15, 0.2) is 211 Å². The number of hydrogen-bond donors (Lipinski definition) is 0. The number of anilines is 3. The molecule has 0 amide bonds. The van der Waals surface area contributed by atoms with E-state index in [0.29, 0.717) is 0 Å². The summed E-state index contributed by atoms with van der Waals surface area (Å²) < 4.78 is 9.00. The number of para-hydroxylation sites is 3. The molecule has 2 heterocycles. The average Bonchev–Trinajstić information content (AvgIpc) is 3.79. The van der Waals surface area contributed by atoms with E-state index >= 15 is 0 Å². The van der Waals surface area contributed by atoms with Gasteiger partial charge in [-0.25, -0.2) is 0 Å². The fourth-order valence-electron chi connectivity index (χ4n) is 8.36. The van der Waals surface area contributed by atoms with Crippen molar-refractivity contribution in [2.75, 3.05) is 4.90 Å². The highest BCUT2D eigenvalue weighted by atomic mass is 16.3. The van der Waals surface area contributed by atoms with Gasteiger partial charge in [-0.3, -0.25) is 0 Å². The summed E-state index contributed by atoms with van der Waals surface area (Å²) in [6.07, 6.45) is 0. The van der Waals surface area contributed by atoms with E-state index in [0.717, 1.165) is 61.3 Å². The fraction of sp³-hybridized carbons (Fsp3) is 0. The predicted octanol–water partition coefficient (Wildman–Crippen LogP) is 14.6. The molecule has 0 spiro atoms. The van der Waals surface area contributed by atoms with Crippen molar-refractivity contribution >= 4 is 71.6 Å². The topological polar surface area (TPSA) is 21.3 Å². The quantitative estimate of drug-likeness (QED) is 0.172. The zero-order chi connectivity index (χ0) is 36.3. The van der Waals surface area contributed by atoms with E-state index in [1.165, 1.54) is 38.2 Å². The highest BCUT2D eigenvalue weighted by molar-refractivity contribution is 6.13. The number of hydrogen-bond acceptors (Lipinski definition) is 2. The van der Waals surface area contributed by atoms with Crippen molar-refractivity contribution < 1.29 is 4.42 Å². The van der Waals surface area contributed by atoms with Gasteiger partial charge in [-0.2, -0.15) is 0 Å². The molecule has 0 aliphatic rings. The van der Waals surface area contributed by atoms with Crippen LogP contribution in [-0.4, -0.2) is 4.57 Å². The Morgan fingerprint density at radius 1 is 0.364 bits per heavy atom. The summed E-state index contributed by atoms with van der Waals surface area (Å²) in [4.78, 5) is 2.37. The van der Waals surface area contributed by atoms with Crippen LogP contribution in [0.2, 0.25) is 0 Å². The molecule has 258 valence electrons. The molecular weight excluding hydrogens is 669 g/mol. The van der Waals surface area contributed by atoms with Crippen LogP contribution in [0.4, 0.5) is 17.1 Å². The highest BCUT2D eigenvalue weighted by Crippen LogP contribution is 2.42. The molecule has 0 fully saturated rings. The molecule has 11 rings (SSSR count). The van der Waals surface area contributed by atoms with Crippen LogP contribution < -0.4 is 4.90 Å². The van der Waals surface area contributed by atoms with E-state index in [1.54, 1.807) is 0 Å². The number of furan rings is 1. The molecule has 9 aromatic carbocycles. The van der Waals surface area contributed by atoms with Crippen LogP contribution in [0.5, 0.6) is 0 Å². The van der Waals surface area contributed by atoms with E-state index in [4.69, 9.17) is 4.42 Å². The monoisotopic (exact) mass is 702 g/mol. The molecule has 0 N–H and O–H groups in total. The van der Waals surface area contributed by atoms with E-state index < -0.39 is 0 Å². The third-order valence-corrected chi connectivity index (χ3v) is 10.9. The average molecular weight is 703 g/mol. The zero-order valence-electron chi connectivity index (χ0n) is 29.9. The second-order valence-electron chi connectivity index (χ2n) is 14.2. The van der Waals surface area contributed by atoms with Crippen molar-refractivity contribution in [2.45, 2.75) is 0 Å². The Balaban J connectivity index is 1.08. The molecule has 0 saturated carbocycles. The molecule has 0 aliphatic carbocycles. The van der Waals surface area contributed by atoms with Gasteiger partial charge in [0.2, 0.25) is 0 Å². The molecule has 0 bridgehead atoms. The minimum absolute atomic E-state index is 0.908.